The Hall–Kier alpha value is -3.75. The van der Waals surface area contributed by atoms with E-state index in [1.54, 1.807) is 0 Å². The number of non-ortho nitro benzene ring substituents is 1. The maximum Gasteiger partial charge on any atom is 0.311 e. The van der Waals surface area contributed by atoms with Crippen molar-refractivity contribution in [1.29, 1.82) is 0 Å². The number of furan rings is 1. The van der Waals surface area contributed by atoms with Gasteiger partial charge in [-0.05, 0) is 24.6 Å². The van der Waals surface area contributed by atoms with Crippen molar-refractivity contribution >= 4 is 28.1 Å². The molecule has 144 valence electrons. The van der Waals surface area contributed by atoms with Crippen LogP contribution < -0.4 is 0 Å². The van der Waals surface area contributed by atoms with Gasteiger partial charge in [-0.15, -0.1) is 0 Å². The topological polar surface area (TPSA) is 137 Å². The molecule has 0 saturated heterocycles. The second kappa shape index (κ2) is 7.47. The number of aryl methyl sites for hydroxylation is 1. The number of carbonyl (C=O) groups is 1. The molecule has 3 aromatic rings. The number of aromatic hydroxyl groups is 1. The molecule has 3 rings (SSSR count). The Kier molecular flexibility index (Phi) is 5.08. The van der Waals surface area contributed by atoms with Gasteiger partial charge < -0.3 is 9.52 Å². The second-order valence-corrected chi connectivity index (χ2v) is 6.23. The molecular weight excluding hydrogens is 368 g/mol. The smallest absolute Gasteiger partial charge is 0.311 e. The van der Waals surface area contributed by atoms with Crippen molar-refractivity contribution in [2.24, 2.45) is 0 Å². The number of hydrogen-bond acceptors (Lipinski definition) is 7. The van der Waals surface area contributed by atoms with Gasteiger partial charge in [-0.1, -0.05) is 13.3 Å². The van der Waals surface area contributed by atoms with E-state index < -0.39 is 27.1 Å². The minimum Gasteiger partial charge on any atom is -0.502 e. The highest BCUT2D eigenvalue weighted by Gasteiger charge is 2.25. The van der Waals surface area contributed by atoms with Gasteiger partial charge in [-0.2, -0.15) is 0 Å². The van der Waals surface area contributed by atoms with E-state index in [0.717, 1.165) is 25.0 Å². The Balaban J connectivity index is 2.20. The molecule has 1 N–H and O–H groups in total. The van der Waals surface area contributed by atoms with Gasteiger partial charge in [0.1, 0.15) is 11.3 Å². The molecule has 0 aliphatic heterocycles. The van der Waals surface area contributed by atoms with Crippen LogP contribution in [0.1, 0.15) is 41.4 Å². The molecule has 0 amide bonds. The molecule has 0 fully saturated rings. The van der Waals surface area contributed by atoms with Crippen LogP contribution in [0.15, 0.2) is 40.8 Å². The van der Waals surface area contributed by atoms with Crippen LogP contribution >= 0.6 is 0 Å². The number of carbonyl (C=O) groups excluding carboxylic acids is 1. The molecule has 0 aliphatic carbocycles. The molecule has 0 spiro atoms. The van der Waals surface area contributed by atoms with E-state index in [2.05, 4.69) is 0 Å². The molecule has 0 radical (unpaired) electrons. The first kappa shape index (κ1) is 19.0. The molecule has 0 bridgehead atoms. The summed E-state index contributed by atoms with van der Waals surface area (Å²) in [7, 11) is 0. The zero-order valence-electron chi connectivity index (χ0n) is 14.9. The summed E-state index contributed by atoms with van der Waals surface area (Å²) in [5, 5.41) is 32.1. The zero-order chi connectivity index (χ0) is 20.4. The molecule has 2 aromatic carbocycles. The average Bonchev–Trinajstić information content (AvgIpc) is 3.03. The Morgan fingerprint density at radius 1 is 1.11 bits per heavy atom. The summed E-state index contributed by atoms with van der Waals surface area (Å²) in [6.45, 7) is 1.97. The summed E-state index contributed by atoms with van der Waals surface area (Å²) in [6, 6.07) is 7.30. The molecule has 1 heterocycles. The van der Waals surface area contributed by atoms with Gasteiger partial charge in [0.15, 0.2) is 11.5 Å². The third-order valence-electron chi connectivity index (χ3n) is 4.37. The predicted molar refractivity (Wildman–Crippen MR) is 99.7 cm³/mol. The van der Waals surface area contributed by atoms with E-state index in [1.807, 2.05) is 6.92 Å². The molecule has 0 saturated carbocycles. The van der Waals surface area contributed by atoms with Crippen molar-refractivity contribution in [3.63, 3.8) is 0 Å². The Bertz CT molecular complexity index is 1100. The van der Waals surface area contributed by atoms with Crippen LogP contribution in [-0.2, 0) is 6.42 Å². The van der Waals surface area contributed by atoms with Crippen LogP contribution in [0.5, 0.6) is 5.75 Å². The van der Waals surface area contributed by atoms with E-state index in [4.69, 9.17) is 4.42 Å². The summed E-state index contributed by atoms with van der Waals surface area (Å²) in [5.41, 5.74) is -0.335. The number of nitro groups is 2. The summed E-state index contributed by atoms with van der Waals surface area (Å²) < 4.78 is 5.75. The minimum absolute atomic E-state index is 0.0172. The number of hydrogen-bond donors (Lipinski definition) is 1. The van der Waals surface area contributed by atoms with Gasteiger partial charge >= 0.3 is 5.69 Å². The number of benzene rings is 2. The molecular formula is C19H16N2O7. The first-order valence-corrected chi connectivity index (χ1v) is 8.55. The van der Waals surface area contributed by atoms with E-state index in [0.29, 0.717) is 17.8 Å². The lowest BCUT2D eigenvalue weighted by Crippen LogP contribution is -2.05. The van der Waals surface area contributed by atoms with Crippen LogP contribution in [0.3, 0.4) is 0 Å². The van der Waals surface area contributed by atoms with Crippen molar-refractivity contribution in [2.45, 2.75) is 26.2 Å². The molecule has 9 nitrogen and oxygen atoms in total. The Morgan fingerprint density at radius 3 is 2.50 bits per heavy atom. The monoisotopic (exact) mass is 384 g/mol. The lowest BCUT2D eigenvalue weighted by molar-refractivity contribution is -0.385. The number of nitro benzene ring substituents is 2. The molecule has 0 atom stereocenters. The summed E-state index contributed by atoms with van der Waals surface area (Å²) in [5.74, 6) is -0.744. The standard InChI is InChI=1S/C19H16N2O7/c1-2-3-4-17-18(13-10-12(20(24)25)6-8-16(13)28-17)19(23)11-5-7-15(22)14(9-11)21(26)27/h5-10,22H,2-4H2,1H3. The van der Waals surface area contributed by atoms with Crippen molar-refractivity contribution in [3.05, 3.63) is 73.5 Å². The third-order valence-corrected chi connectivity index (χ3v) is 4.37. The van der Waals surface area contributed by atoms with Crippen LogP contribution in [0.4, 0.5) is 11.4 Å². The first-order valence-electron chi connectivity index (χ1n) is 8.55. The van der Waals surface area contributed by atoms with Gasteiger partial charge in [-0.25, -0.2) is 0 Å². The molecule has 0 aliphatic rings. The van der Waals surface area contributed by atoms with Crippen molar-refractivity contribution in [2.75, 3.05) is 0 Å². The highest BCUT2D eigenvalue weighted by atomic mass is 16.6. The number of ketones is 1. The quantitative estimate of drug-likeness (QED) is 0.359. The number of fused-ring (bicyclic) bond motifs is 1. The maximum atomic E-state index is 13.1. The van der Waals surface area contributed by atoms with Gasteiger partial charge in [0, 0.05) is 35.6 Å². The summed E-state index contributed by atoms with van der Waals surface area (Å²) in [6.07, 6.45) is 2.02. The van der Waals surface area contributed by atoms with Gasteiger partial charge in [0.05, 0.1) is 15.4 Å². The minimum atomic E-state index is -0.789. The Labute approximate surface area is 158 Å². The van der Waals surface area contributed by atoms with Crippen molar-refractivity contribution in [3.8, 4) is 5.75 Å². The summed E-state index contributed by atoms with van der Waals surface area (Å²) in [4.78, 5) is 34.0. The number of phenols is 1. The van der Waals surface area contributed by atoms with Crippen LogP contribution in [-0.4, -0.2) is 20.7 Å². The molecule has 28 heavy (non-hydrogen) atoms. The fourth-order valence-electron chi connectivity index (χ4n) is 2.97. The zero-order valence-corrected chi connectivity index (χ0v) is 14.9. The highest BCUT2D eigenvalue weighted by Crippen LogP contribution is 2.34. The van der Waals surface area contributed by atoms with E-state index >= 15 is 0 Å². The summed E-state index contributed by atoms with van der Waals surface area (Å²) >= 11 is 0. The molecule has 9 heteroatoms. The maximum absolute atomic E-state index is 13.1. The van der Waals surface area contributed by atoms with Gasteiger partial charge in [-0.3, -0.25) is 25.0 Å². The number of nitrogens with zero attached hydrogens (tertiary/aromatic N) is 2. The Morgan fingerprint density at radius 2 is 1.86 bits per heavy atom. The first-order chi connectivity index (χ1) is 13.3. The molecule has 0 unspecified atom stereocenters. The van der Waals surface area contributed by atoms with Crippen LogP contribution in [0.2, 0.25) is 0 Å². The average molecular weight is 384 g/mol. The van der Waals surface area contributed by atoms with Crippen molar-refractivity contribution < 1.29 is 24.2 Å². The SMILES string of the molecule is CCCCc1oc2ccc([N+](=O)[O-])cc2c1C(=O)c1ccc(O)c([N+](=O)[O-])c1. The van der Waals surface area contributed by atoms with E-state index in [1.165, 1.54) is 24.3 Å². The van der Waals surface area contributed by atoms with Gasteiger partial charge in [0.25, 0.3) is 5.69 Å². The number of unbranched alkanes of at least 4 members (excludes halogenated alkanes) is 1. The number of rotatable bonds is 7. The third kappa shape index (κ3) is 3.41. The van der Waals surface area contributed by atoms with Gasteiger partial charge in [0.2, 0.25) is 0 Å². The number of phenolic OH excluding ortho intramolecular Hbond substituents is 1. The largest absolute Gasteiger partial charge is 0.502 e. The normalized spacial score (nSPS) is 10.9. The highest BCUT2D eigenvalue weighted by molar-refractivity contribution is 6.17. The fourth-order valence-corrected chi connectivity index (χ4v) is 2.97. The van der Waals surface area contributed by atoms with E-state index in [-0.39, 0.29) is 22.2 Å². The lowest BCUT2D eigenvalue weighted by atomic mass is 9.97. The van der Waals surface area contributed by atoms with E-state index in [9.17, 15) is 30.1 Å². The van der Waals surface area contributed by atoms with Crippen molar-refractivity contribution in [1.82, 2.24) is 0 Å². The lowest BCUT2D eigenvalue weighted by Gasteiger charge is -2.04. The predicted octanol–water partition coefficient (Wildman–Crippen LogP) is 4.53. The fraction of sp³-hybridized carbons (Fsp3) is 0.211. The molecule has 1 aromatic heterocycles. The van der Waals surface area contributed by atoms with Crippen LogP contribution in [0, 0.1) is 20.2 Å². The second-order valence-electron chi connectivity index (χ2n) is 6.23. The van der Waals surface area contributed by atoms with Crippen LogP contribution in [0.25, 0.3) is 11.0 Å².